The summed E-state index contributed by atoms with van der Waals surface area (Å²) >= 11 is 14.1. The van der Waals surface area contributed by atoms with Gasteiger partial charge in [-0.15, -0.1) is 11.3 Å². The molecule has 8 heteroatoms. The Hall–Kier alpha value is -2.67. The summed E-state index contributed by atoms with van der Waals surface area (Å²) in [5, 5.41) is 3.97. The fourth-order valence-corrected chi connectivity index (χ4v) is 4.42. The molecule has 0 aliphatic rings. The summed E-state index contributed by atoms with van der Waals surface area (Å²) in [6, 6.07) is 14.7. The number of pyridine rings is 1. The van der Waals surface area contributed by atoms with E-state index in [2.05, 4.69) is 9.97 Å². The summed E-state index contributed by atoms with van der Waals surface area (Å²) in [4.78, 5) is 23.7. The summed E-state index contributed by atoms with van der Waals surface area (Å²) in [7, 11) is 0. The molecule has 0 atom stereocenters. The number of aromatic nitrogens is 2. The minimum absolute atomic E-state index is 0.237. The number of amides is 1. The summed E-state index contributed by atoms with van der Waals surface area (Å²) in [6.45, 7) is 3.52. The molecule has 4 aromatic rings. The van der Waals surface area contributed by atoms with Gasteiger partial charge in [0.25, 0.3) is 5.91 Å². The Labute approximate surface area is 187 Å². The van der Waals surface area contributed by atoms with E-state index in [0.717, 1.165) is 11.4 Å². The molecule has 2 heterocycles. The monoisotopic (exact) mass is 457 g/mol. The molecule has 0 bridgehead atoms. The lowest BCUT2D eigenvalue weighted by Gasteiger charge is -2.20. The maximum atomic E-state index is 13.2. The van der Waals surface area contributed by atoms with E-state index in [4.69, 9.17) is 27.9 Å². The number of benzene rings is 2. The van der Waals surface area contributed by atoms with Gasteiger partial charge < -0.3 is 4.74 Å². The number of rotatable bonds is 5. The second-order valence-electron chi connectivity index (χ2n) is 6.64. The number of fused-ring (bicyclic) bond motifs is 1. The lowest BCUT2D eigenvalue weighted by molar-refractivity contribution is -0.119. The molecule has 0 radical (unpaired) electrons. The molecular formula is C22H17Cl2N3O2S. The highest BCUT2D eigenvalue weighted by molar-refractivity contribution is 7.14. The smallest absolute Gasteiger partial charge is 0.271 e. The number of carbonyl (C=O) groups excluding carboxylic acids is 1. The van der Waals surface area contributed by atoms with Gasteiger partial charge in [-0.05, 0) is 44.2 Å². The van der Waals surface area contributed by atoms with Crippen LogP contribution in [0.5, 0.6) is 5.75 Å². The van der Waals surface area contributed by atoms with Crippen LogP contribution >= 0.6 is 34.5 Å². The highest BCUT2D eigenvalue weighted by atomic mass is 35.5. The van der Waals surface area contributed by atoms with Crippen LogP contribution in [0.15, 0.2) is 53.9 Å². The third-order valence-electron chi connectivity index (χ3n) is 4.38. The highest BCUT2D eigenvalue weighted by Crippen LogP contribution is 2.37. The van der Waals surface area contributed by atoms with Gasteiger partial charge in [-0.2, -0.15) is 0 Å². The first-order valence-corrected chi connectivity index (χ1v) is 10.8. The minimum atomic E-state index is -0.276. The van der Waals surface area contributed by atoms with E-state index in [1.54, 1.807) is 11.0 Å². The second-order valence-corrected chi connectivity index (χ2v) is 8.29. The maximum absolute atomic E-state index is 13.2. The van der Waals surface area contributed by atoms with Crippen LogP contribution in [0.3, 0.4) is 0 Å². The first kappa shape index (κ1) is 20.6. The van der Waals surface area contributed by atoms with Gasteiger partial charge in [0.1, 0.15) is 5.52 Å². The van der Waals surface area contributed by atoms with Gasteiger partial charge in [0.15, 0.2) is 17.5 Å². The van der Waals surface area contributed by atoms with Gasteiger partial charge in [-0.25, -0.2) is 9.97 Å². The normalized spacial score (nSPS) is 10.9. The number of anilines is 2. The van der Waals surface area contributed by atoms with Gasteiger partial charge in [0.05, 0.1) is 21.4 Å². The van der Waals surface area contributed by atoms with Crippen molar-refractivity contribution in [2.75, 3.05) is 11.5 Å². The molecule has 0 aliphatic carbocycles. The van der Waals surface area contributed by atoms with Crippen molar-refractivity contribution in [2.45, 2.75) is 13.8 Å². The van der Waals surface area contributed by atoms with Crippen molar-refractivity contribution in [3.8, 4) is 5.75 Å². The third-order valence-corrected chi connectivity index (χ3v) is 5.92. The topological polar surface area (TPSA) is 55.3 Å². The van der Waals surface area contributed by atoms with Crippen molar-refractivity contribution in [3.05, 3.63) is 75.3 Å². The number of aryl methyl sites for hydroxylation is 2. The van der Waals surface area contributed by atoms with Crippen molar-refractivity contribution in [1.29, 1.82) is 0 Å². The zero-order valence-corrected chi connectivity index (χ0v) is 18.6. The summed E-state index contributed by atoms with van der Waals surface area (Å²) in [6.07, 6.45) is 0. The van der Waals surface area contributed by atoms with Crippen molar-refractivity contribution in [2.24, 2.45) is 0 Å². The molecule has 2 aromatic carbocycles. The largest absolute Gasteiger partial charge is 0.480 e. The molecule has 0 spiro atoms. The molecule has 1 amide bonds. The average molecular weight is 458 g/mol. The van der Waals surface area contributed by atoms with Crippen LogP contribution in [0.2, 0.25) is 10.0 Å². The lowest BCUT2D eigenvalue weighted by atomic mass is 10.2. The molecule has 4 rings (SSSR count). The van der Waals surface area contributed by atoms with E-state index in [9.17, 15) is 4.79 Å². The molecule has 5 nitrogen and oxygen atoms in total. The van der Waals surface area contributed by atoms with Crippen LogP contribution in [-0.4, -0.2) is 22.5 Å². The van der Waals surface area contributed by atoms with Crippen LogP contribution in [0, 0.1) is 13.8 Å². The van der Waals surface area contributed by atoms with Crippen LogP contribution in [0.4, 0.5) is 10.8 Å². The summed E-state index contributed by atoms with van der Waals surface area (Å²) in [5.41, 5.74) is 2.87. The number of hydrogen-bond acceptors (Lipinski definition) is 5. The van der Waals surface area contributed by atoms with E-state index in [0.29, 0.717) is 37.5 Å². The zero-order valence-electron chi connectivity index (χ0n) is 16.2. The van der Waals surface area contributed by atoms with Gasteiger partial charge in [0.2, 0.25) is 0 Å². The van der Waals surface area contributed by atoms with Crippen molar-refractivity contribution < 1.29 is 9.53 Å². The molecular weight excluding hydrogens is 441 g/mol. The van der Waals surface area contributed by atoms with E-state index < -0.39 is 0 Å². The zero-order chi connectivity index (χ0) is 21.3. The quantitative estimate of drug-likeness (QED) is 0.349. The second kappa shape index (κ2) is 8.60. The fraction of sp³-hybridized carbons (Fsp3) is 0.136. The number of ether oxygens (including phenoxy) is 1. The van der Waals surface area contributed by atoms with E-state index in [1.807, 2.05) is 61.7 Å². The number of para-hydroxylation sites is 1. The number of hydrogen-bond donors (Lipinski definition) is 0. The molecule has 0 saturated heterocycles. The summed E-state index contributed by atoms with van der Waals surface area (Å²) in [5.74, 6) is 0.0545. The van der Waals surface area contributed by atoms with E-state index in [1.165, 1.54) is 11.3 Å². The number of carbonyl (C=O) groups is 1. The van der Waals surface area contributed by atoms with Gasteiger partial charge >= 0.3 is 0 Å². The minimum Gasteiger partial charge on any atom is -0.480 e. The molecule has 0 N–H and O–H groups in total. The fourth-order valence-electron chi connectivity index (χ4n) is 3.01. The first-order valence-electron chi connectivity index (χ1n) is 9.12. The van der Waals surface area contributed by atoms with Crippen LogP contribution in [-0.2, 0) is 4.79 Å². The Morgan fingerprint density at radius 2 is 1.80 bits per heavy atom. The van der Waals surface area contributed by atoms with E-state index in [-0.39, 0.29) is 12.5 Å². The molecule has 0 unspecified atom stereocenters. The van der Waals surface area contributed by atoms with Crippen LogP contribution in [0.1, 0.15) is 11.4 Å². The first-order chi connectivity index (χ1) is 14.4. The third kappa shape index (κ3) is 4.12. The average Bonchev–Trinajstić information content (AvgIpc) is 3.14. The van der Waals surface area contributed by atoms with Crippen molar-refractivity contribution >= 4 is 62.2 Å². The molecule has 2 aromatic heterocycles. The number of halogens is 2. The van der Waals surface area contributed by atoms with Gasteiger partial charge in [-0.3, -0.25) is 9.69 Å². The van der Waals surface area contributed by atoms with Crippen LogP contribution in [0.25, 0.3) is 10.9 Å². The van der Waals surface area contributed by atoms with Crippen molar-refractivity contribution in [3.63, 3.8) is 0 Å². The Kier molecular flexibility index (Phi) is 5.90. The summed E-state index contributed by atoms with van der Waals surface area (Å²) < 4.78 is 5.89. The van der Waals surface area contributed by atoms with Gasteiger partial charge in [-0.1, -0.05) is 41.4 Å². The predicted octanol–water partition coefficient (Wildman–Crippen LogP) is 6.36. The SMILES string of the molecule is Cc1csc(N(C(=O)COc2c(Cl)cc(Cl)c3ccc(C)nc23)c2ccccc2)n1. The molecule has 0 aliphatic heterocycles. The van der Waals surface area contributed by atoms with E-state index >= 15 is 0 Å². The number of nitrogens with zero attached hydrogens (tertiary/aromatic N) is 3. The Balaban J connectivity index is 1.67. The van der Waals surface area contributed by atoms with Crippen LogP contribution < -0.4 is 9.64 Å². The Bertz CT molecular complexity index is 1230. The Morgan fingerprint density at radius 3 is 2.50 bits per heavy atom. The molecule has 152 valence electrons. The maximum Gasteiger partial charge on any atom is 0.271 e. The standard InChI is InChI=1S/C22H17Cl2N3O2S/c1-13-8-9-16-17(23)10-18(24)21(20(16)25-13)29-11-19(28)27(15-6-4-3-5-7-15)22-26-14(2)12-30-22/h3-10,12H,11H2,1-2H3. The highest BCUT2D eigenvalue weighted by Gasteiger charge is 2.23. The molecule has 30 heavy (non-hydrogen) atoms. The van der Waals surface area contributed by atoms with Crippen molar-refractivity contribution in [1.82, 2.24) is 9.97 Å². The van der Waals surface area contributed by atoms with Gasteiger partial charge in [0, 0.05) is 16.5 Å². The lowest BCUT2D eigenvalue weighted by Crippen LogP contribution is -2.31. The molecule has 0 saturated carbocycles. The molecule has 0 fully saturated rings. The Morgan fingerprint density at radius 1 is 1.03 bits per heavy atom. The number of thiazole rings is 1. The predicted molar refractivity (Wildman–Crippen MR) is 122 cm³/mol.